The number of rotatable bonds is 12. The van der Waals surface area contributed by atoms with Crippen molar-refractivity contribution < 1.29 is 14.3 Å². The summed E-state index contributed by atoms with van der Waals surface area (Å²) in [7, 11) is 1.66. The molecule has 0 saturated carbocycles. The number of ether oxygens (including phenoxy) is 2. The van der Waals surface area contributed by atoms with E-state index in [0.717, 1.165) is 53.3 Å². The number of para-hydroxylation sites is 2. The Morgan fingerprint density at radius 2 is 1.86 bits per heavy atom. The van der Waals surface area contributed by atoms with E-state index in [4.69, 9.17) is 26.1 Å². The summed E-state index contributed by atoms with van der Waals surface area (Å²) in [5.74, 6) is 2.25. The minimum atomic E-state index is -0.181. The minimum absolute atomic E-state index is 0.181. The van der Waals surface area contributed by atoms with Crippen molar-refractivity contribution >= 4 is 34.6 Å². The third-order valence-electron chi connectivity index (χ3n) is 6.07. The largest absolute Gasteiger partial charge is 0.493 e. The molecule has 0 spiro atoms. The lowest BCUT2D eigenvalue weighted by Crippen LogP contribution is -2.26. The molecule has 4 rings (SSSR count). The second kappa shape index (κ2) is 13.0. The molecule has 6 nitrogen and oxygen atoms in total. The van der Waals surface area contributed by atoms with Crippen LogP contribution in [-0.4, -0.2) is 35.7 Å². The first kappa shape index (κ1) is 26.3. The molecular weight excluding hydrogens is 486 g/mol. The maximum absolute atomic E-state index is 12.5. The van der Waals surface area contributed by atoms with Crippen LogP contribution in [0.2, 0.25) is 5.02 Å². The van der Waals surface area contributed by atoms with Crippen LogP contribution in [0.25, 0.3) is 17.1 Å². The van der Waals surface area contributed by atoms with Gasteiger partial charge in [0.05, 0.1) is 35.3 Å². The van der Waals surface area contributed by atoms with Crippen molar-refractivity contribution in [3.8, 4) is 11.5 Å². The molecule has 7 heteroatoms. The van der Waals surface area contributed by atoms with Gasteiger partial charge in [0, 0.05) is 19.5 Å². The van der Waals surface area contributed by atoms with Gasteiger partial charge in [-0.05, 0) is 61.7 Å². The molecule has 0 radical (unpaired) electrons. The highest BCUT2D eigenvalue weighted by Crippen LogP contribution is 2.29. The van der Waals surface area contributed by atoms with Crippen LogP contribution >= 0.6 is 11.6 Å². The number of carbonyl (C=O) groups is 1. The first-order valence-electron chi connectivity index (χ1n) is 12.5. The molecule has 0 aliphatic carbocycles. The number of hydrogen-bond donors (Lipinski definition) is 1. The van der Waals surface area contributed by atoms with E-state index in [-0.39, 0.29) is 5.91 Å². The summed E-state index contributed by atoms with van der Waals surface area (Å²) in [6.07, 6.45) is 6.46. The first-order valence-corrected chi connectivity index (χ1v) is 12.9. The maximum atomic E-state index is 12.5. The zero-order chi connectivity index (χ0) is 26.0. The number of imidazole rings is 1. The Balaban J connectivity index is 1.34. The van der Waals surface area contributed by atoms with Crippen LogP contribution in [0.1, 0.15) is 41.5 Å². The van der Waals surface area contributed by atoms with Crippen LogP contribution in [0.3, 0.4) is 0 Å². The van der Waals surface area contributed by atoms with Crippen molar-refractivity contribution in [3.05, 3.63) is 94.8 Å². The SMILES string of the molecule is C/C=C/c1ccc(OCCCCn2c(CCNC(=O)c3ccccc3Cl)nc3ccccc32)c(OC)c1. The third kappa shape index (κ3) is 6.71. The Morgan fingerprint density at radius 3 is 2.68 bits per heavy atom. The van der Waals surface area contributed by atoms with E-state index in [1.807, 2.05) is 61.5 Å². The van der Waals surface area contributed by atoms with Crippen LogP contribution in [-0.2, 0) is 13.0 Å². The second-order valence-electron chi connectivity index (χ2n) is 8.62. The van der Waals surface area contributed by atoms with Gasteiger partial charge < -0.3 is 19.4 Å². The van der Waals surface area contributed by atoms with Crippen molar-refractivity contribution in [1.29, 1.82) is 0 Å². The Kier molecular flexibility index (Phi) is 9.22. The topological polar surface area (TPSA) is 65.4 Å². The van der Waals surface area contributed by atoms with Gasteiger partial charge in [0.2, 0.25) is 0 Å². The van der Waals surface area contributed by atoms with Gasteiger partial charge in [0.25, 0.3) is 5.91 Å². The Hall–Kier alpha value is -3.77. The number of aromatic nitrogens is 2. The number of unbranched alkanes of at least 4 members (excludes halogenated alkanes) is 1. The van der Waals surface area contributed by atoms with Gasteiger partial charge in [-0.25, -0.2) is 4.98 Å². The molecular formula is C30H32ClN3O3. The molecule has 0 saturated heterocycles. The number of hydrogen-bond acceptors (Lipinski definition) is 4. The molecule has 0 fully saturated rings. The highest BCUT2D eigenvalue weighted by atomic mass is 35.5. The van der Waals surface area contributed by atoms with E-state index in [0.29, 0.717) is 30.2 Å². The number of nitrogens with zero attached hydrogens (tertiary/aromatic N) is 2. The molecule has 4 aromatic rings. The molecule has 1 aromatic heterocycles. The average Bonchev–Trinajstić information content (AvgIpc) is 3.26. The molecule has 0 aliphatic heterocycles. The smallest absolute Gasteiger partial charge is 0.252 e. The van der Waals surface area contributed by atoms with Gasteiger partial charge in [-0.1, -0.05) is 54.1 Å². The molecule has 1 N–H and O–H groups in total. The monoisotopic (exact) mass is 517 g/mol. The lowest BCUT2D eigenvalue weighted by atomic mass is 10.2. The Labute approximate surface area is 222 Å². The summed E-state index contributed by atoms with van der Waals surface area (Å²) in [4.78, 5) is 17.3. The number of methoxy groups -OCH3 is 1. The molecule has 37 heavy (non-hydrogen) atoms. The third-order valence-corrected chi connectivity index (χ3v) is 6.40. The van der Waals surface area contributed by atoms with E-state index in [9.17, 15) is 4.79 Å². The van der Waals surface area contributed by atoms with E-state index >= 15 is 0 Å². The number of fused-ring (bicyclic) bond motifs is 1. The zero-order valence-corrected chi connectivity index (χ0v) is 22.0. The maximum Gasteiger partial charge on any atom is 0.252 e. The fourth-order valence-electron chi connectivity index (χ4n) is 4.25. The number of halogens is 1. The van der Waals surface area contributed by atoms with Crippen molar-refractivity contribution in [2.45, 2.75) is 32.7 Å². The van der Waals surface area contributed by atoms with Crippen molar-refractivity contribution in [3.63, 3.8) is 0 Å². The van der Waals surface area contributed by atoms with Crippen molar-refractivity contribution in [2.24, 2.45) is 0 Å². The molecule has 3 aromatic carbocycles. The van der Waals surface area contributed by atoms with Crippen molar-refractivity contribution in [1.82, 2.24) is 14.9 Å². The van der Waals surface area contributed by atoms with Crippen molar-refractivity contribution in [2.75, 3.05) is 20.3 Å². The predicted molar refractivity (Wildman–Crippen MR) is 150 cm³/mol. The number of allylic oxidation sites excluding steroid dienone is 1. The average molecular weight is 518 g/mol. The summed E-state index contributed by atoms with van der Waals surface area (Å²) in [6, 6.07) is 21.1. The zero-order valence-electron chi connectivity index (χ0n) is 21.2. The summed E-state index contributed by atoms with van der Waals surface area (Å²) in [5, 5.41) is 3.41. The van der Waals surface area contributed by atoms with Gasteiger partial charge in [-0.2, -0.15) is 0 Å². The normalized spacial score (nSPS) is 11.2. The molecule has 192 valence electrons. The molecule has 0 aliphatic rings. The highest BCUT2D eigenvalue weighted by molar-refractivity contribution is 6.33. The van der Waals surface area contributed by atoms with Crippen LogP contribution in [0.4, 0.5) is 0 Å². The molecule has 0 unspecified atom stereocenters. The van der Waals surface area contributed by atoms with E-state index < -0.39 is 0 Å². The Bertz CT molecular complexity index is 1380. The fraction of sp³-hybridized carbons (Fsp3) is 0.267. The number of benzene rings is 3. The van der Waals surface area contributed by atoms with Crippen LogP contribution in [0.15, 0.2) is 72.8 Å². The molecule has 0 atom stereocenters. The lowest BCUT2D eigenvalue weighted by molar-refractivity contribution is 0.0954. The summed E-state index contributed by atoms with van der Waals surface area (Å²) < 4.78 is 13.7. The number of carbonyl (C=O) groups excluding carboxylic acids is 1. The van der Waals surface area contributed by atoms with Gasteiger partial charge in [0.1, 0.15) is 5.82 Å². The summed E-state index contributed by atoms with van der Waals surface area (Å²) in [5.41, 5.74) is 3.61. The van der Waals surface area contributed by atoms with Crippen LogP contribution in [0.5, 0.6) is 11.5 Å². The quantitative estimate of drug-likeness (QED) is 0.216. The summed E-state index contributed by atoms with van der Waals surface area (Å²) >= 11 is 6.16. The molecule has 1 amide bonds. The lowest BCUT2D eigenvalue weighted by Gasteiger charge is -2.13. The van der Waals surface area contributed by atoms with E-state index in [2.05, 4.69) is 16.0 Å². The first-order chi connectivity index (χ1) is 18.1. The van der Waals surface area contributed by atoms with Crippen LogP contribution < -0.4 is 14.8 Å². The second-order valence-corrected chi connectivity index (χ2v) is 9.03. The molecule has 1 heterocycles. The standard InChI is InChI=1S/C30H32ClN3O3/c1-3-10-22-15-16-27(28(21-22)36-2)37-20-9-8-19-34-26-14-7-6-13-25(26)33-29(34)17-18-32-30(35)23-11-4-5-12-24(23)31/h3-7,10-16,21H,8-9,17-20H2,1-2H3,(H,32,35)/b10-3+. The van der Waals surface area contributed by atoms with Gasteiger partial charge >= 0.3 is 0 Å². The van der Waals surface area contributed by atoms with Gasteiger partial charge in [-0.3, -0.25) is 4.79 Å². The predicted octanol–water partition coefficient (Wildman–Crippen LogP) is 6.56. The summed E-state index contributed by atoms with van der Waals surface area (Å²) in [6.45, 7) is 3.87. The number of amides is 1. The number of aryl methyl sites for hydroxylation is 1. The van der Waals surface area contributed by atoms with E-state index in [1.165, 1.54) is 0 Å². The van der Waals surface area contributed by atoms with Gasteiger partial charge in [-0.15, -0.1) is 0 Å². The number of nitrogens with one attached hydrogen (secondary N) is 1. The fourth-order valence-corrected chi connectivity index (χ4v) is 4.47. The minimum Gasteiger partial charge on any atom is -0.493 e. The van der Waals surface area contributed by atoms with Crippen LogP contribution in [0, 0.1) is 0 Å². The van der Waals surface area contributed by atoms with E-state index in [1.54, 1.807) is 25.3 Å². The molecule has 0 bridgehead atoms. The highest BCUT2D eigenvalue weighted by Gasteiger charge is 2.13. The Morgan fingerprint density at radius 1 is 1.05 bits per heavy atom. The van der Waals surface area contributed by atoms with Gasteiger partial charge in [0.15, 0.2) is 11.5 Å².